The van der Waals surface area contributed by atoms with E-state index in [1.54, 1.807) is 0 Å². The minimum absolute atomic E-state index is 0.0652. The number of hydrogen-bond donors (Lipinski definition) is 0. The van der Waals surface area contributed by atoms with Crippen LogP contribution in [0.4, 0.5) is 11.4 Å². The van der Waals surface area contributed by atoms with Crippen molar-refractivity contribution in [3.63, 3.8) is 0 Å². The van der Waals surface area contributed by atoms with Gasteiger partial charge in [-0.2, -0.15) is 21.0 Å². The van der Waals surface area contributed by atoms with Crippen molar-refractivity contribution in [2.75, 3.05) is 4.90 Å². The second-order valence-electron chi connectivity index (χ2n) is 14.5. The van der Waals surface area contributed by atoms with Crippen LogP contribution in [0.2, 0.25) is 0 Å². The highest BCUT2D eigenvalue weighted by atomic mass is 15.2. The Hall–Kier alpha value is -8.42. The van der Waals surface area contributed by atoms with Crippen LogP contribution in [-0.2, 0) is 0 Å². The number of aromatic nitrogens is 1. The number of fused-ring (bicyclic) bond motifs is 6. The maximum absolute atomic E-state index is 10.7. The Kier molecular flexibility index (Phi) is 8.06. The van der Waals surface area contributed by atoms with Crippen molar-refractivity contribution >= 4 is 33.2 Å². The Morgan fingerprint density at radius 1 is 0.431 bits per heavy atom. The Morgan fingerprint density at radius 3 is 1.40 bits per heavy atom. The number of anilines is 2. The molecule has 2 unspecified atom stereocenters. The summed E-state index contributed by atoms with van der Waals surface area (Å²) < 4.78 is 2.03. The van der Waals surface area contributed by atoms with E-state index in [4.69, 9.17) is 0 Å². The average molecular weight is 739 g/mol. The van der Waals surface area contributed by atoms with E-state index in [2.05, 4.69) is 71.7 Å². The van der Waals surface area contributed by atoms with Crippen LogP contribution in [-0.4, -0.2) is 10.6 Å². The lowest BCUT2D eigenvalue weighted by molar-refractivity contribution is 0.743. The van der Waals surface area contributed by atoms with Gasteiger partial charge in [0.25, 0.3) is 0 Å². The third kappa shape index (κ3) is 5.15. The smallest absolute Gasteiger partial charge is 0.101 e. The van der Waals surface area contributed by atoms with Crippen molar-refractivity contribution in [3.05, 3.63) is 198 Å². The highest BCUT2D eigenvalue weighted by Crippen LogP contribution is 2.50. The summed E-state index contributed by atoms with van der Waals surface area (Å²) in [4.78, 5) is 2.14. The molecule has 1 aliphatic carbocycles. The van der Waals surface area contributed by atoms with Crippen LogP contribution in [0.1, 0.15) is 33.7 Å². The maximum atomic E-state index is 10.7. The summed E-state index contributed by atoms with van der Waals surface area (Å²) in [7, 11) is 0. The van der Waals surface area contributed by atoms with Crippen LogP contribution in [0.5, 0.6) is 0 Å². The van der Waals surface area contributed by atoms with Gasteiger partial charge in [0, 0.05) is 22.4 Å². The molecule has 268 valence electrons. The van der Waals surface area contributed by atoms with E-state index in [-0.39, 0.29) is 12.0 Å². The molecule has 0 bridgehead atoms. The lowest BCUT2D eigenvalue weighted by Gasteiger charge is -2.30. The molecule has 58 heavy (non-hydrogen) atoms. The van der Waals surface area contributed by atoms with Crippen molar-refractivity contribution in [1.82, 2.24) is 4.57 Å². The van der Waals surface area contributed by atoms with Crippen molar-refractivity contribution in [2.45, 2.75) is 12.0 Å². The van der Waals surface area contributed by atoms with Crippen molar-refractivity contribution in [3.8, 4) is 63.3 Å². The van der Waals surface area contributed by atoms with Gasteiger partial charge in [-0.3, -0.25) is 0 Å². The highest BCUT2D eigenvalue weighted by Gasteiger charge is 2.39. The van der Waals surface area contributed by atoms with Gasteiger partial charge in [-0.05, 0) is 81.4 Å². The van der Waals surface area contributed by atoms with Gasteiger partial charge in [0.1, 0.15) is 24.3 Å². The summed E-state index contributed by atoms with van der Waals surface area (Å²) in [6.45, 7) is 0. The standard InChI is InChI=1S/C52H30N6/c53-29-35-25-33(26-36(30-54)51(35)57-47-21-9-5-17-43(47)44-18-6-10-22-48(44)57)39-13-1-3-15-41(39)42-16-4-2-14-40(42)34-27-37(31-55)52(38(28-34)32-56)58-49-23-11-7-19-45(49)46-20-8-12-24-50(46)58/h1-28,43,47H. The molecule has 0 saturated heterocycles. The van der Waals surface area contributed by atoms with Gasteiger partial charge in [0.05, 0.1) is 50.7 Å². The number of allylic oxidation sites excluding steroid dienone is 2. The summed E-state index contributed by atoms with van der Waals surface area (Å²) in [5.74, 6) is 0.107. The SMILES string of the molecule is N#Cc1cc(-c2ccccc2-c2ccccc2-c2cc(C#N)c(-n3c4ccccc4c4ccccc43)c(C#N)c2)cc(C#N)c1N1c2ccccc2C2C=CC=CC21. The van der Waals surface area contributed by atoms with Crippen molar-refractivity contribution in [2.24, 2.45) is 0 Å². The summed E-state index contributed by atoms with van der Waals surface area (Å²) in [5.41, 5.74) is 11.6. The van der Waals surface area contributed by atoms with E-state index in [9.17, 15) is 21.0 Å². The fourth-order valence-electron chi connectivity index (χ4n) is 9.07. The number of nitriles is 4. The molecule has 8 aromatic rings. The molecule has 1 aliphatic heterocycles. The number of rotatable bonds is 5. The Bertz CT molecular complexity index is 3140. The Labute approximate surface area is 335 Å². The first-order valence-corrected chi connectivity index (χ1v) is 19.0. The van der Waals surface area contributed by atoms with E-state index in [1.165, 1.54) is 0 Å². The molecule has 0 saturated carbocycles. The summed E-state index contributed by atoms with van der Waals surface area (Å²) >= 11 is 0. The van der Waals surface area contributed by atoms with E-state index in [1.807, 2.05) is 132 Å². The zero-order valence-electron chi connectivity index (χ0n) is 31.0. The molecule has 0 radical (unpaired) electrons. The largest absolute Gasteiger partial charge is 0.331 e. The van der Waals surface area contributed by atoms with E-state index in [0.29, 0.717) is 33.6 Å². The van der Waals surface area contributed by atoms with Gasteiger partial charge in [0.2, 0.25) is 0 Å². The average Bonchev–Trinajstić information content (AvgIpc) is 3.80. The molecule has 2 aliphatic rings. The number of para-hydroxylation sites is 3. The molecule has 2 atom stereocenters. The van der Waals surface area contributed by atoms with Crippen molar-refractivity contribution < 1.29 is 0 Å². The quantitative estimate of drug-likeness (QED) is 0.175. The minimum Gasteiger partial charge on any atom is -0.331 e. The van der Waals surface area contributed by atoms with Crippen molar-refractivity contribution in [1.29, 1.82) is 21.0 Å². The lowest BCUT2D eigenvalue weighted by Crippen LogP contribution is -2.29. The molecule has 6 nitrogen and oxygen atoms in total. The molecular formula is C52H30N6. The van der Waals surface area contributed by atoms with Gasteiger partial charge < -0.3 is 9.47 Å². The van der Waals surface area contributed by atoms with Crippen LogP contribution in [0.15, 0.2) is 170 Å². The summed E-state index contributed by atoms with van der Waals surface area (Å²) in [5, 5.41) is 45.0. The highest BCUT2D eigenvalue weighted by molar-refractivity contribution is 6.09. The predicted molar refractivity (Wildman–Crippen MR) is 229 cm³/mol. The van der Waals surface area contributed by atoms with Gasteiger partial charge in [-0.15, -0.1) is 0 Å². The van der Waals surface area contributed by atoms with Gasteiger partial charge in [0.15, 0.2) is 0 Å². The van der Waals surface area contributed by atoms with Gasteiger partial charge >= 0.3 is 0 Å². The van der Waals surface area contributed by atoms with E-state index in [0.717, 1.165) is 66.4 Å². The summed E-state index contributed by atoms with van der Waals surface area (Å²) in [6, 6.07) is 57.4. The topological polar surface area (TPSA) is 103 Å². The third-order valence-electron chi connectivity index (χ3n) is 11.5. The molecule has 0 spiro atoms. The fourth-order valence-corrected chi connectivity index (χ4v) is 9.07. The second-order valence-corrected chi connectivity index (χ2v) is 14.5. The molecule has 0 amide bonds. The monoisotopic (exact) mass is 738 g/mol. The van der Waals surface area contributed by atoms with Crippen LogP contribution in [0.25, 0.3) is 60.9 Å². The lowest BCUT2D eigenvalue weighted by atomic mass is 9.87. The molecule has 0 N–H and O–H groups in total. The Balaban J connectivity index is 1.13. The Morgan fingerprint density at radius 2 is 0.862 bits per heavy atom. The third-order valence-corrected chi connectivity index (χ3v) is 11.5. The zero-order chi connectivity index (χ0) is 39.3. The number of nitrogens with zero attached hydrogens (tertiary/aromatic N) is 6. The van der Waals surface area contributed by atoms with Crippen LogP contribution < -0.4 is 4.90 Å². The molecule has 6 heteroatoms. The van der Waals surface area contributed by atoms with Gasteiger partial charge in [-0.1, -0.05) is 127 Å². The number of benzene rings is 7. The van der Waals surface area contributed by atoms with Crippen LogP contribution in [0.3, 0.4) is 0 Å². The first-order chi connectivity index (χ1) is 28.6. The molecule has 7 aromatic carbocycles. The first-order valence-electron chi connectivity index (χ1n) is 19.0. The van der Waals surface area contributed by atoms with Gasteiger partial charge in [-0.25, -0.2) is 0 Å². The fraction of sp³-hybridized carbons (Fsp3) is 0.0385. The molecule has 1 aromatic heterocycles. The summed E-state index contributed by atoms with van der Waals surface area (Å²) in [6.07, 6.45) is 8.40. The molecular weight excluding hydrogens is 709 g/mol. The molecule has 10 rings (SSSR count). The first kappa shape index (κ1) is 34.1. The predicted octanol–water partition coefficient (Wildman–Crippen LogP) is 12.0. The number of hydrogen-bond acceptors (Lipinski definition) is 5. The molecule has 2 heterocycles. The zero-order valence-corrected chi connectivity index (χ0v) is 31.0. The van der Waals surface area contributed by atoms with E-state index >= 15 is 0 Å². The maximum Gasteiger partial charge on any atom is 0.101 e. The van der Waals surface area contributed by atoms with Crippen LogP contribution in [0, 0.1) is 45.3 Å². The van der Waals surface area contributed by atoms with Crippen LogP contribution >= 0.6 is 0 Å². The second kappa shape index (κ2) is 13.7. The molecule has 0 fully saturated rings. The minimum atomic E-state index is -0.0652. The normalized spacial score (nSPS) is 15.0. The van der Waals surface area contributed by atoms with E-state index < -0.39 is 0 Å².